The zero-order valence-corrected chi connectivity index (χ0v) is 14.4. The van der Waals surface area contributed by atoms with E-state index >= 15 is 0 Å². The summed E-state index contributed by atoms with van der Waals surface area (Å²) in [6, 6.07) is 8.71. The second kappa shape index (κ2) is 8.43. The largest absolute Gasteiger partial charge is 0.481 e. The molecule has 1 aliphatic heterocycles. The minimum absolute atomic E-state index is 0.0525. The van der Waals surface area contributed by atoms with Gasteiger partial charge >= 0.3 is 12.2 Å². The molecular weight excluding hydrogens is 377 g/mol. The number of amides is 2. The highest BCUT2D eigenvalue weighted by molar-refractivity contribution is 5.89. The van der Waals surface area contributed by atoms with Crippen molar-refractivity contribution in [1.29, 1.82) is 0 Å². The molecule has 0 saturated carbocycles. The predicted molar refractivity (Wildman–Crippen MR) is 94.3 cm³/mol. The van der Waals surface area contributed by atoms with Crippen LogP contribution in [-0.2, 0) is 6.18 Å². The van der Waals surface area contributed by atoms with Crippen LogP contribution in [-0.4, -0.2) is 26.0 Å². The highest BCUT2D eigenvalue weighted by atomic mass is 19.4. The van der Waals surface area contributed by atoms with Gasteiger partial charge in [-0.3, -0.25) is 0 Å². The minimum Gasteiger partial charge on any atom is -0.481 e. The summed E-state index contributed by atoms with van der Waals surface area (Å²) in [6.45, 7) is 0.345. The second-order valence-electron chi connectivity index (χ2n) is 5.54. The van der Waals surface area contributed by atoms with Crippen molar-refractivity contribution < 1.29 is 32.2 Å². The molecule has 1 heterocycles. The predicted octanol–water partition coefficient (Wildman–Crippen LogP) is 3.64. The van der Waals surface area contributed by atoms with Crippen LogP contribution in [0.15, 0.2) is 42.5 Å². The molecule has 0 saturated heterocycles. The number of carbonyl (C=O) groups is 1. The summed E-state index contributed by atoms with van der Waals surface area (Å²) >= 11 is 0. The Morgan fingerprint density at radius 2 is 1.82 bits per heavy atom. The van der Waals surface area contributed by atoms with Gasteiger partial charge in [-0.15, -0.1) is 0 Å². The molecule has 1 aliphatic rings. The molecule has 146 valence electrons. The molecule has 0 spiro atoms. The van der Waals surface area contributed by atoms with Gasteiger partial charge in [-0.05, 0) is 36.4 Å². The van der Waals surface area contributed by atoms with Crippen LogP contribution in [0.1, 0.15) is 5.56 Å². The lowest BCUT2D eigenvalue weighted by Crippen LogP contribution is -2.29. The smallest absolute Gasteiger partial charge is 0.416 e. The molecule has 2 aromatic carbocycles. The third kappa shape index (κ3) is 5.23. The van der Waals surface area contributed by atoms with Crippen molar-refractivity contribution in [1.82, 2.24) is 5.32 Å². The van der Waals surface area contributed by atoms with E-state index in [1.165, 1.54) is 12.1 Å². The van der Waals surface area contributed by atoms with Gasteiger partial charge in [0.05, 0.1) is 12.1 Å². The van der Waals surface area contributed by atoms with Gasteiger partial charge in [-0.2, -0.15) is 13.2 Å². The fraction of sp³-hybridized carbons (Fsp3) is 0.211. The Kier molecular flexibility index (Phi) is 5.79. The van der Waals surface area contributed by atoms with Gasteiger partial charge in [-0.25, -0.2) is 4.79 Å². The maximum absolute atomic E-state index is 12.5. The normalized spacial score (nSPS) is 12.0. The molecule has 0 bridgehead atoms. The molecule has 0 fully saturated rings. The van der Waals surface area contributed by atoms with E-state index in [9.17, 15) is 18.0 Å². The Bertz CT molecular complexity index is 902. The molecular formula is C19H15F3N2O4. The first-order valence-electron chi connectivity index (χ1n) is 8.12. The third-order valence-electron chi connectivity index (χ3n) is 3.59. The quantitative estimate of drug-likeness (QED) is 0.780. The lowest BCUT2D eigenvalue weighted by molar-refractivity contribution is -0.137. The molecule has 0 aliphatic carbocycles. The van der Waals surface area contributed by atoms with Gasteiger partial charge in [0.25, 0.3) is 0 Å². The average molecular weight is 392 g/mol. The average Bonchev–Trinajstić information content (AvgIpc) is 3.12. The zero-order valence-electron chi connectivity index (χ0n) is 14.4. The Morgan fingerprint density at radius 3 is 2.57 bits per heavy atom. The fourth-order valence-corrected chi connectivity index (χ4v) is 2.24. The maximum Gasteiger partial charge on any atom is 0.416 e. The number of hydrogen-bond donors (Lipinski definition) is 2. The summed E-state index contributed by atoms with van der Waals surface area (Å²) in [5, 5.41) is 4.89. The summed E-state index contributed by atoms with van der Waals surface area (Å²) in [5.41, 5.74) is -0.545. The van der Waals surface area contributed by atoms with E-state index in [4.69, 9.17) is 14.2 Å². The second-order valence-corrected chi connectivity index (χ2v) is 5.54. The Morgan fingerprint density at radius 1 is 1.07 bits per heavy atom. The highest BCUT2D eigenvalue weighted by Gasteiger charge is 2.29. The first-order valence-corrected chi connectivity index (χ1v) is 8.12. The van der Waals surface area contributed by atoms with Gasteiger partial charge in [0.2, 0.25) is 6.79 Å². The lowest BCUT2D eigenvalue weighted by atomic mass is 10.2. The van der Waals surface area contributed by atoms with Crippen molar-refractivity contribution in [2.45, 2.75) is 6.18 Å². The summed E-state index contributed by atoms with van der Waals surface area (Å²) in [5.74, 6) is 7.27. The van der Waals surface area contributed by atoms with Crippen molar-refractivity contribution in [3.05, 3.63) is 48.0 Å². The van der Waals surface area contributed by atoms with Crippen molar-refractivity contribution in [2.24, 2.45) is 0 Å². The van der Waals surface area contributed by atoms with Crippen molar-refractivity contribution in [3.63, 3.8) is 0 Å². The Labute approximate surface area is 158 Å². The Balaban J connectivity index is 1.37. The molecule has 28 heavy (non-hydrogen) atoms. The van der Waals surface area contributed by atoms with Crippen LogP contribution in [0.3, 0.4) is 0 Å². The van der Waals surface area contributed by atoms with E-state index in [1.54, 1.807) is 18.2 Å². The van der Waals surface area contributed by atoms with E-state index in [-0.39, 0.29) is 25.6 Å². The number of benzene rings is 2. The molecule has 0 unspecified atom stereocenters. The number of fused-ring (bicyclic) bond motifs is 1. The number of alkyl halides is 3. The van der Waals surface area contributed by atoms with Crippen molar-refractivity contribution in [2.75, 3.05) is 25.3 Å². The number of carbonyl (C=O) groups excluding carboxylic acids is 1. The van der Waals surface area contributed by atoms with Gasteiger partial charge < -0.3 is 24.8 Å². The summed E-state index contributed by atoms with van der Waals surface area (Å²) in [7, 11) is 0. The zero-order chi connectivity index (χ0) is 20.0. The number of anilines is 1. The van der Waals surface area contributed by atoms with E-state index in [0.717, 1.165) is 12.1 Å². The first-order chi connectivity index (χ1) is 13.4. The van der Waals surface area contributed by atoms with Gasteiger partial charge in [0.1, 0.15) is 12.4 Å². The summed E-state index contributed by atoms with van der Waals surface area (Å²) in [4.78, 5) is 11.7. The standard InChI is InChI=1S/C19H15F3N2O4/c20-19(21,22)13-3-5-14(6-4-13)24-18(25)23-9-1-2-10-26-15-7-8-16-17(11-15)28-12-27-16/h3-8,11H,9-10,12H2,(H2,23,24,25). The molecule has 0 aromatic heterocycles. The minimum atomic E-state index is -4.42. The molecule has 6 nitrogen and oxygen atoms in total. The summed E-state index contributed by atoms with van der Waals surface area (Å²) < 4.78 is 53.3. The lowest BCUT2D eigenvalue weighted by Gasteiger charge is -2.08. The van der Waals surface area contributed by atoms with E-state index in [1.807, 2.05) is 0 Å². The van der Waals surface area contributed by atoms with Crippen LogP contribution in [0, 0.1) is 11.8 Å². The van der Waals surface area contributed by atoms with Crippen molar-refractivity contribution >= 4 is 11.7 Å². The number of rotatable bonds is 4. The number of urea groups is 1. The molecule has 2 aromatic rings. The first kappa shape index (κ1) is 19.2. The van der Waals surface area contributed by atoms with Crippen LogP contribution in [0.4, 0.5) is 23.7 Å². The van der Waals surface area contributed by atoms with E-state index in [0.29, 0.717) is 17.2 Å². The van der Waals surface area contributed by atoms with Crippen LogP contribution >= 0.6 is 0 Å². The summed E-state index contributed by atoms with van der Waals surface area (Å²) in [6.07, 6.45) is -4.42. The maximum atomic E-state index is 12.5. The molecule has 0 radical (unpaired) electrons. The van der Waals surface area contributed by atoms with Crippen LogP contribution in [0.2, 0.25) is 0 Å². The monoisotopic (exact) mass is 392 g/mol. The SMILES string of the molecule is O=C(NCC#CCOc1ccc2c(c1)OCO2)Nc1ccc(C(F)(F)F)cc1. The van der Waals surface area contributed by atoms with E-state index < -0.39 is 17.8 Å². The number of halogens is 3. The number of nitrogens with one attached hydrogen (secondary N) is 2. The topological polar surface area (TPSA) is 68.8 Å². The molecule has 0 atom stereocenters. The molecule has 2 amide bonds. The van der Waals surface area contributed by atoms with Gasteiger partial charge in [-0.1, -0.05) is 11.8 Å². The van der Waals surface area contributed by atoms with Gasteiger partial charge in [0.15, 0.2) is 11.5 Å². The van der Waals surface area contributed by atoms with Crippen LogP contribution in [0.25, 0.3) is 0 Å². The van der Waals surface area contributed by atoms with Gasteiger partial charge in [0, 0.05) is 11.8 Å². The number of ether oxygens (including phenoxy) is 3. The third-order valence-corrected chi connectivity index (χ3v) is 3.59. The molecule has 9 heteroatoms. The molecule has 3 rings (SSSR count). The highest BCUT2D eigenvalue weighted by Crippen LogP contribution is 2.35. The number of hydrogen-bond acceptors (Lipinski definition) is 4. The van der Waals surface area contributed by atoms with Crippen molar-refractivity contribution in [3.8, 4) is 29.1 Å². The fourth-order valence-electron chi connectivity index (χ4n) is 2.24. The van der Waals surface area contributed by atoms with Crippen LogP contribution in [0.5, 0.6) is 17.2 Å². The van der Waals surface area contributed by atoms with E-state index in [2.05, 4.69) is 22.5 Å². The molecule has 2 N–H and O–H groups in total. The Hall–Kier alpha value is -3.54. The van der Waals surface area contributed by atoms with Crippen LogP contribution < -0.4 is 24.8 Å².